The summed E-state index contributed by atoms with van der Waals surface area (Å²) in [6.07, 6.45) is 17.0. The Labute approximate surface area is 131 Å². The van der Waals surface area contributed by atoms with Crippen LogP contribution in [-0.4, -0.2) is 12.1 Å². The summed E-state index contributed by atoms with van der Waals surface area (Å²) in [5.74, 6) is 0.0362. The highest BCUT2D eigenvalue weighted by Crippen LogP contribution is 2.15. The monoisotopic (exact) mass is 294 g/mol. The maximum atomic E-state index is 11.9. The first-order chi connectivity index (χ1) is 10.3. The highest BCUT2D eigenvalue weighted by molar-refractivity contribution is 6.02. The first-order valence-corrected chi connectivity index (χ1v) is 8.92. The Morgan fingerprint density at radius 3 is 1.95 bits per heavy atom. The molecule has 21 heavy (non-hydrogen) atoms. The van der Waals surface area contributed by atoms with E-state index in [0.29, 0.717) is 0 Å². The second-order valence-electron chi connectivity index (χ2n) is 5.89. The molecule has 0 aliphatic rings. The van der Waals surface area contributed by atoms with Crippen LogP contribution in [0.25, 0.3) is 0 Å². The first-order valence-electron chi connectivity index (χ1n) is 8.92. The molecule has 0 saturated carbocycles. The molecule has 0 N–H and O–H groups in total. The van der Waals surface area contributed by atoms with Crippen molar-refractivity contribution in [2.75, 3.05) is 0 Å². The number of ketones is 1. The van der Waals surface area contributed by atoms with Gasteiger partial charge in [-0.25, -0.2) is 0 Å². The number of hydrogen-bond donors (Lipinski definition) is 0. The number of hydrogen-bond acceptors (Lipinski definition) is 2. The summed E-state index contributed by atoms with van der Waals surface area (Å²) >= 11 is 0. The van der Waals surface area contributed by atoms with E-state index in [4.69, 9.17) is 0 Å². The van der Waals surface area contributed by atoms with Crippen molar-refractivity contribution in [2.24, 2.45) is 0 Å². The van der Waals surface area contributed by atoms with E-state index < -0.39 is 0 Å². The average Bonchev–Trinajstić information content (AvgIpc) is 2.48. The van der Waals surface area contributed by atoms with Gasteiger partial charge in [-0.2, -0.15) is 0 Å². The third-order valence-electron chi connectivity index (χ3n) is 3.87. The molecular weight excluding hydrogens is 260 g/mol. The van der Waals surface area contributed by atoms with E-state index in [-0.39, 0.29) is 12.2 Å². The maximum Gasteiger partial charge on any atom is 0.165 e. The molecule has 122 valence electrons. The summed E-state index contributed by atoms with van der Waals surface area (Å²) in [6, 6.07) is 0. The van der Waals surface area contributed by atoms with E-state index in [2.05, 4.69) is 19.9 Å². The van der Waals surface area contributed by atoms with Gasteiger partial charge in [-0.05, 0) is 31.3 Å². The van der Waals surface area contributed by atoms with Crippen molar-refractivity contribution in [1.29, 1.82) is 0 Å². The summed E-state index contributed by atoms with van der Waals surface area (Å²) < 4.78 is 0. The van der Waals surface area contributed by atoms with Gasteiger partial charge >= 0.3 is 0 Å². The molecule has 0 aromatic rings. The highest BCUT2D eigenvalue weighted by Gasteiger charge is 2.08. The molecule has 0 heterocycles. The fourth-order valence-corrected chi connectivity index (χ4v) is 2.51. The second kappa shape index (κ2) is 15.5. The molecule has 0 saturated heterocycles. The lowest BCUT2D eigenvalue weighted by Crippen LogP contribution is -2.03. The molecule has 0 fully saturated rings. The van der Waals surface area contributed by atoms with Crippen LogP contribution in [0.5, 0.6) is 0 Å². The molecule has 0 aromatic heterocycles. The Kier molecular flexibility index (Phi) is 14.8. The predicted octanol–water partition coefficient (Wildman–Crippen LogP) is 5.79. The van der Waals surface area contributed by atoms with Crippen molar-refractivity contribution >= 4 is 12.1 Å². The Hall–Kier alpha value is -0.920. The van der Waals surface area contributed by atoms with Crippen LogP contribution in [0.15, 0.2) is 11.6 Å². The topological polar surface area (TPSA) is 34.1 Å². The average molecular weight is 294 g/mol. The number of unbranched alkanes of at least 4 members (excludes halogenated alkanes) is 9. The lowest BCUT2D eigenvalue weighted by Gasteiger charge is -2.06. The number of rotatable bonds is 15. The summed E-state index contributed by atoms with van der Waals surface area (Å²) in [5, 5.41) is 0. The minimum atomic E-state index is 0.0362. The molecule has 2 nitrogen and oxygen atoms in total. The molecule has 0 aliphatic heterocycles. The van der Waals surface area contributed by atoms with Crippen LogP contribution in [-0.2, 0) is 9.59 Å². The minimum absolute atomic E-state index is 0.0362. The van der Waals surface area contributed by atoms with E-state index in [1.54, 1.807) is 0 Å². The third-order valence-corrected chi connectivity index (χ3v) is 3.87. The van der Waals surface area contributed by atoms with Gasteiger partial charge in [-0.15, -0.1) is 0 Å². The van der Waals surface area contributed by atoms with Crippen LogP contribution in [0.2, 0.25) is 0 Å². The summed E-state index contributed by atoms with van der Waals surface area (Å²) in [6.45, 7) is 4.42. The molecule has 0 aliphatic carbocycles. The fourth-order valence-electron chi connectivity index (χ4n) is 2.51. The second-order valence-corrected chi connectivity index (χ2v) is 5.89. The number of carbonyl (C=O) groups excluding carboxylic acids is 2. The van der Waals surface area contributed by atoms with E-state index in [9.17, 15) is 9.59 Å². The fraction of sp³-hybridized carbons (Fsp3) is 0.789. The number of allylic oxidation sites excluding steroid dienone is 2. The number of Topliss-reactive ketones (excluding diaryl/α,β-unsaturated/α-hetero) is 1. The molecule has 0 amide bonds. The Balaban J connectivity index is 4.06. The molecule has 0 unspecified atom stereocenters. The first kappa shape index (κ1) is 20.1. The molecule has 0 bridgehead atoms. The third kappa shape index (κ3) is 12.5. The van der Waals surface area contributed by atoms with Gasteiger partial charge in [-0.3, -0.25) is 4.79 Å². The minimum Gasteiger partial charge on any atom is -0.303 e. The highest BCUT2D eigenvalue weighted by atomic mass is 16.1. The molecule has 0 spiro atoms. The molecule has 0 radical (unpaired) electrons. The zero-order chi connectivity index (χ0) is 15.8. The van der Waals surface area contributed by atoms with Gasteiger partial charge in [-0.1, -0.05) is 71.3 Å². The van der Waals surface area contributed by atoms with Crippen molar-refractivity contribution in [3.05, 3.63) is 11.6 Å². The quantitative estimate of drug-likeness (QED) is 0.166. The number of carbonyl (C=O) groups is 2. The molecule has 0 atom stereocenters. The van der Waals surface area contributed by atoms with Crippen LogP contribution >= 0.6 is 0 Å². The lowest BCUT2D eigenvalue weighted by molar-refractivity contribution is -0.119. The van der Waals surface area contributed by atoms with Gasteiger partial charge in [0.2, 0.25) is 0 Å². The Bertz CT molecular complexity index is 292. The van der Waals surface area contributed by atoms with Gasteiger partial charge < -0.3 is 4.79 Å². The molecular formula is C19H34O2. The van der Waals surface area contributed by atoms with Crippen molar-refractivity contribution < 1.29 is 9.59 Å². The zero-order valence-electron chi connectivity index (χ0n) is 14.2. The lowest BCUT2D eigenvalue weighted by atomic mass is 9.99. The smallest absolute Gasteiger partial charge is 0.165 e. The van der Waals surface area contributed by atoms with Crippen molar-refractivity contribution in [3.8, 4) is 0 Å². The Morgan fingerprint density at radius 2 is 1.38 bits per heavy atom. The van der Waals surface area contributed by atoms with Gasteiger partial charge in [0.15, 0.2) is 5.78 Å². The molecule has 2 heteroatoms. The summed E-state index contributed by atoms with van der Waals surface area (Å²) in [5.41, 5.74) is 0.897. The van der Waals surface area contributed by atoms with Crippen LogP contribution < -0.4 is 0 Å². The zero-order valence-corrected chi connectivity index (χ0v) is 14.2. The standard InChI is InChI=1S/C19H34O2/c1-3-5-7-9-11-13-15-18(19(21)16-17-20)14-12-10-8-6-4-2/h15,17H,3-14,16H2,1-2H3. The van der Waals surface area contributed by atoms with Crippen LogP contribution in [0, 0.1) is 0 Å². The van der Waals surface area contributed by atoms with E-state index in [0.717, 1.165) is 37.5 Å². The van der Waals surface area contributed by atoms with Crippen molar-refractivity contribution in [2.45, 2.75) is 97.3 Å². The van der Waals surface area contributed by atoms with E-state index >= 15 is 0 Å². The predicted molar refractivity (Wildman–Crippen MR) is 90.5 cm³/mol. The van der Waals surface area contributed by atoms with E-state index in [1.165, 1.54) is 51.4 Å². The van der Waals surface area contributed by atoms with Gasteiger partial charge in [0.25, 0.3) is 0 Å². The maximum absolute atomic E-state index is 11.9. The largest absolute Gasteiger partial charge is 0.303 e. The number of aldehydes is 1. The van der Waals surface area contributed by atoms with Crippen LogP contribution in [0.3, 0.4) is 0 Å². The van der Waals surface area contributed by atoms with Crippen LogP contribution in [0.1, 0.15) is 97.3 Å². The van der Waals surface area contributed by atoms with Gasteiger partial charge in [0.1, 0.15) is 6.29 Å². The van der Waals surface area contributed by atoms with Gasteiger partial charge in [0, 0.05) is 0 Å². The molecule has 0 rings (SSSR count). The normalized spacial score (nSPS) is 11.6. The van der Waals surface area contributed by atoms with Gasteiger partial charge in [0.05, 0.1) is 6.42 Å². The van der Waals surface area contributed by atoms with Crippen LogP contribution in [0.4, 0.5) is 0 Å². The van der Waals surface area contributed by atoms with Crippen molar-refractivity contribution in [3.63, 3.8) is 0 Å². The van der Waals surface area contributed by atoms with Crippen molar-refractivity contribution in [1.82, 2.24) is 0 Å². The molecule has 0 aromatic carbocycles. The Morgan fingerprint density at radius 1 is 0.810 bits per heavy atom. The van der Waals surface area contributed by atoms with E-state index in [1.807, 2.05) is 0 Å². The SMILES string of the molecule is CCCCCCCC=C(CCCCCCC)C(=O)CC=O. The summed E-state index contributed by atoms with van der Waals surface area (Å²) in [7, 11) is 0. The summed E-state index contributed by atoms with van der Waals surface area (Å²) in [4.78, 5) is 22.5.